The topological polar surface area (TPSA) is 46.2 Å². The van der Waals surface area contributed by atoms with Gasteiger partial charge < -0.3 is 5.32 Å². The van der Waals surface area contributed by atoms with Crippen LogP contribution in [0.4, 0.5) is 4.39 Å². The Bertz CT molecular complexity index is 359. The molecule has 3 nitrogen and oxygen atoms in total. The summed E-state index contributed by atoms with van der Waals surface area (Å²) in [6.45, 7) is 1.67. The van der Waals surface area contributed by atoms with E-state index in [-0.39, 0.29) is 23.9 Å². The van der Waals surface area contributed by atoms with Crippen molar-refractivity contribution in [3.05, 3.63) is 35.6 Å². The van der Waals surface area contributed by atoms with Crippen LogP contribution in [0, 0.1) is 5.82 Å². The second kappa shape index (κ2) is 5.24. The number of nitrogens with one attached hydrogen (secondary N) is 1. The molecular formula is C11H12FNO2. The molecule has 0 saturated carbocycles. The van der Waals surface area contributed by atoms with Gasteiger partial charge in [0, 0.05) is 6.54 Å². The lowest BCUT2D eigenvalue weighted by Gasteiger charge is -2.03. The van der Waals surface area contributed by atoms with Crippen LogP contribution < -0.4 is 5.32 Å². The summed E-state index contributed by atoms with van der Waals surface area (Å²) in [5.41, 5.74) is 0.799. The number of benzene rings is 1. The molecule has 0 aliphatic rings. The standard InChI is InChI=1S/C11H12FNO2/c1-8(14)6-11(15)13-7-9-2-4-10(12)5-3-9/h2-5H,6-7H2,1H3,(H,13,15). The average molecular weight is 209 g/mol. The third-order valence-electron chi connectivity index (χ3n) is 1.81. The van der Waals surface area contributed by atoms with Crippen molar-refractivity contribution in [3.8, 4) is 0 Å². The smallest absolute Gasteiger partial charge is 0.227 e. The van der Waals surface area contributed by atoms with Crippen LogP contribution in [0.25, 0.3) is 0 Å². The van der Waals surface area contributed by atoms with E-state index in [1.54, 1.807) is 12.1 Å². The summed E-state index contributed by atoms with van der Waals surface area (Å²) < 4.78 is 12.5. The maximum atomic E-state index is 12.5. The Balaban J connectivity index is 2.40. The molecule has 15 heavy (non-hydrogen) atoms. The number of hydrogen-bond donors (Lipinski definition) is 1. The largest absolute Gasteiger partial charge is 0.352 e. The lowest BCUT2D eigenvalue weighted by atomic mass is 10.2. The molecule has 0 atom stereocenters. The van der Waals surface area contributed by atoms with Gasteiger partial charge in [-0.05, 0) is 24.6 Å². The average Bonchev–Trinajstić information content (AvgIpc) is 2.16. The minimum atomic E-state index is -0.313. The van der Waals surface area contributed by atoms with Crippen molar-refractivity contribution in [3.63, 3.8) is 0 Å². The number of carbonyl (C=O) groups is 2. The summed E-state index contributed by atoms with van der Waals surface area (Å²) in [7, 11) is 0. The van der Waals surface area contributed by atoms with E-state index in [0.717, 1.165) is 5.56 Å². The fourth-order valence-electron chi connectivity index (χ4n) is 1.09. The van der Waals surface area contributed by atoms with Gasteiger partial charge in [0.15, 0.2) is 0 Å². The van der Waals surface area contributed by atoms with Gasteiger partial charge in [-0.2, -0.15) is 0 Å². The van der Waals surface area contributed by atoms with Gasteiger partial charge in [0.05, 0.1) is 6.42 Å². The molecule has 1 rings (SSSR count). The second-order valence-electron chi connectivity index (χ2n) is 3.28. The van der Waals surface area contributed by atoms with Gasteiger partial charge in [-0.3, -0.25) is 9.59 Å². The van der Waals surface area contributed by atoms with Crippen molar-refractivity contribution in [2.24, 2.45) is 0 Å². The first-order valence-electron chi connectivity index (χ1n) is 4.58. The summed E-state index contributed by atoms with van der Waals surface area (Å²) in [6.07, 6.45) is -0.110. The Kier molecular flexibility index (Phi) is 3.97. The van der Waals surface area contributed by atoms with E-state index in [2.05, 4.69) is 5.32 Å². The van der Waals surface area contributed by atoms with Gasteiger partial charge in [-0.1, -0.05) is 12.1 Å². The zero-order chi connectivity index (χ0) is 11.3. The van der Waals surface area contributed by atoms with Gasteiger partial charge in [0.1, 0.15) is 11.6 Å². The minimum absolute atomic E-state index is 0.110. The maximum absolute atomic E-state index is 12.5. The van der Waals surface area contributed by atoms with E-state index in [0.29, 0.717) is 6.54 Å². The predicted molar refractivity (Wildman–Crippen MR) is 53.5 cm³/mol. The van der Waals surface area contributed by atoms with Gasteiger partial charge >= 0.3 is 0 Å². The lowest BCUT2D eigenvalue weighted by Crippen LogP contribution is -2.24. The molecule has 0 aliphatic heterocycles. The Hall–Kier alpha value is -1.71. The molecule has 80 valence electrons. The van der Waals surface area contributed by atoms with Crippen molar-refractivity contribution in [1.82, 2.24) is 5.32 Å². The molecule has 0 saturated heterocycles. The number of halogens is 1. The van der Waals surface area contributed by atoms with E-state index in [1.807, 2.05) is 0 Å². The van der Waals surface area contributed by atoms with Gasteiger partial charge in [0.25, 0.3) is 0 Å². The van der Waals surface area contributed by atoms with Crippen LogP contribution in [0.1, 0.15) is 18.9 Å². The van der Waals surface area contributed by atoms with Crippen LogP contribution in [0.3, 0.4) is 0 Å². The monoisotopic (exact) mass is 209 g/mol. The van der Waals surface area contributed by atoms with Crippen molar-refractivity contribution in [1.29, 1.82) is 0 Å². The molecule has 1 N–H and O–H groups in total. The fraction of sp³-hybridized carbons (Fsp3) is 0.273. The molecule has 0 aromatic heterocycles. The number of carbonyl (C=O) groups excluding carboxylic acids is 2. The van der Waals surface area contributed by atoms with Crippen LogP contribution in [-0.2, 0) is 16.1 Å². The van der Waals surface area contributed by atoms with Crippen LogP contribution in [-0.4, -0.2) is 11.7 Å². The molecule has 1 amide bonds. The highest BCUT2D eigenvalue weighted by Crippen LogP contribution is 2.02. The van der Waals surface area contributed by atoms with E-state index in [4.69, 9.17) is 0 Å². The van der Waals surface area contributed by atoms with Crippen molar-refractivity contribution in [2.75, 3.05) is 0 Å². The van der Waals surface area contributed by atoms with Crippen LogP contribution in [0.15, 0.2) is 24.3 Å². The zero-order valence-electron chi connectivity index (χ0n) is 8.42. The third-order valence-corrected chi connectivity index (χ3v) is 1.81. The quantitative estimate of drug-likeness (QED) is 0.762. The van der Waals surface area contributed by atoms with Crippen LogP contribution in [0.2, 0.25) is 0 Å². The summed E-state index contributed by atoms with van der Waals surface area (Å²) in [5, 5.41) is 2.57. The summed E-state index contributed by atoms with van der Waals surface area (Å²) in [6, 6.07) is 5.83. The molecule has 0 heterocycles. The molecule has 0 radical (unpaired) electrons. The Morgan fingerprint density at radius 1 is 1.27 bits per heavy atom. The predicted octanol–water partition coefficient (Wildman–Crippen LogP) is 1.42. The first kappa shape index (κ1) is 11.4. The van der Waals surface area contributed by atoms with Crippen molar-refractivity contribution >= 4 is 11.7 Å². The summed E-state index contributed by atoms with van der Waals surface area (Å²) in [4.78, 5) is 21.7. The van der Waals surface area contributed by atoms with Crippen LogP contribution >= 0.6 is 0 Å². The second-order valence-corrected chi connectivity index (χ2v) is 3.28. The molecule has 0 spiro atoms. The van der Waals surface area contributed by atoms with Gasteiger partial charge in [-0.15, -0.1) is 0 Å². The number of amides is 1. The zero-order valence-corrected chi connectivity index (χ0v) is 8.42. The molecule has 1 aromatic rings. The normalized spacial score (nSPS) is 9.73. The van der Waals surface area contributed by atoms with Crippen LogP contribution in [0.5, 0.6) is 0 Å². The Morgan fingerprint density at radius 2 is 1.87 bits per heavy atom. The Labute approximate surface area is 87.3 Å². The van der Waals surface area contributed by atoms with Crippen molar-refractivity contribution < 1.29 is 14.0 Å². The van der Waals surface area contributed by atoms with Gasteiger partial charge in [-0.25, -0.2) is 4.39 Å². The highest BCUT2D eigenvalue weighted by molar-refractivity contribution is 5.96. The van der Waals surface area contributed by atoms with Crippen molar-refractivity contribution in [2.45, 2.75) is 19.9 Å². The SMILES string of the molecule is CC(=O)CC(=O)NCc1ccc(F)cc1. The first-order valence-corrected chi connectivity index (χ1v) is 4.58. The molecule has 1 aromatic carbocycles. The number of hydrogen-bond acceptors (Lipinski definition) is 2. The maximum Gasteiger partial charge on any atom is 0.227 e. The van der Waals surface area contributed by atoms with Gasteiger partial charge in [0.2, 0.25) is 5.91 Å². The summed E-state index contributed by atoms with van der Waals surface area (Å²) >= 11 is 0. The minimum Gasteiger partial charge on any atom is -0.352 e. The summed E-state index contributed by atoms with van der Waals surface area (Å²) in [5.74, 6) is -0.799. The number of rotatable bonds is 4. The fourth-order valence-corrected chi connectivity index (χ4v) is 1.09. The van der Waals surface area contributed by atoms with E-state index < -0.39 is 0 Å². The Morgan fingerprint density at radius 3 is 2.40 bits per heavy atom. The molecule has 0 unspecified atom stereocenters. The third kappa shape index (κ3) is 4.35. The molecule has 4 heteroatoms. The lowest BCUT2D eigenvalue weighted by molar-refractivity contribution is -0.127. The highest BCUT2D eigenvalue weighted by atomic mass is 19.1. The molecule has 0 fully saturated rings. The highest BCUT2D eigenvalue weighted by Gasteiger charge is 2.04. The van der Waals surface area contributed by atoms with E-state index in [9.17, 15) is 14.0 Å². The number of ketones is 1. The number of Topliss-reactive ketones (excluding diaryl/α,β-unsaturated/α-hetero) is 1. The first-order chi connectivity index (χ1) is 7.08. The molecule has 0 aliphatic carbocycles. The molecule has 0 bridgehead atoms. The van der Waals surface area contributed by atoms with E-state index >= 15 is 0 Å². The van der Waals surface area contributed by atoms with E-state index in [1.165, 1.54) is 19.1 Å². The molecular weight excluding hydrogens is 197 g/mol.